The molecule has 8 nitrogen and oxygen atoms in total. The third-order valence-corrected chi connectivity index (χ3v) is 8.33. The van der Waals surface area contributed by atoms with Gasteiger partial charge in [0.15, 0.2) is 0 Å². The smallest absolute Gasteiger partial charge is 0.261 e. The Hall–Kier alpha value is -5.07. The van der Waals surface area contributed by atoms with Crippen LogP contribution < -0.4 is 4.72 Å². The first-order valence-corrected chi connectivity index (χ1v) is 14.1. The van der Waals surface area contributed by atoms with E-state index in [0.29, 0.717) is 5.69 Å². The molecule has 0 amide bonds. The topological polar surface area (TPSA) is 124 Å². The van der Waals surface area contributed by atoms with Crippen molar-refractivity contribution < 1.29 is 8.42 Å². The molecule has 3 aromatic heterocycles. The first kappa shape index (κ1) is 25.2. The van der Waals surface area contributed by atoms with Gasteiger partial charge >= 0.3 is 0 Å². The quantitative estimate of drug-likeness (QED) is 0.249. The van der Waals surface area contributed by atoms with Crippen molar-refractivity contribution in [2.45, 2.75) is 24.2 Å². The normalized spacial score (nSPS) is 11.9. The van der Waals surface area contributed by atoms with E-state index in [0.717, 1.165) is 49.8 Å². The summed E-state index contributed by atoms with van der Waals surface area (Å²) in [7, 11) is -3.75. The molecule has 0 atom stereocenters. The minimum Gasteiger partial charge on any atom is -0.278 e. The van der Waals surface area contributed by atoms with Crippen molar-refractivity contribution in [1.29, 1.82) is 5.26 Å². The monoisotopic (exact) mass is 544 g/mol. The van der Waals surface area contributed by atoms with E-state index < -0.39 is 15.4 Å². The Morgan fingerprint density at radius 3 is 2.38 bits per heavy atom. The van der Waals surface area contributed by atoms with Gasteiger partial charge in [-0.25, -0.2) is 8.42 Å². The van der Waals surface area contributed by atoms with E-state index in [1.54, 1.807) is 48.8 Å². The van der Waals surface area contributed by atoms with Gasteiger partial charge in [-0.2, -0.15) is 10.4 Å². The zero-order valence-corrected chi connectivity index (χ0v) is 22.6. The van der Waals surface area contributed by atoms with Crippen molar-refractivity contribution in [3.05, 3.63) is 103 Å². The maximum Gasteiger partial charge on any atom is 0.261 e. The number of pyridine rings is 2. The van der Waals surface area contributed by atoms with E-state index in [1.807, 2.05) is 56.3 Å². The van der Waals surface area contributed by atoms with Crippen LogP contribution in [0.25, 0.3) is 44.2 Å². The average Bonchev–Trinajstić information content (AvgIpc) is 3.42. The van der Waals surface area contributed by atoms with Crippen molar-refractivity contribution in [2.24, 2.45) is 0 Å². The average molecular weight is 545 g/mol. The second-order valence-electron chi connectivity index (χ2n) is 10.0. The molecule has 2 N–H and O–H groups in total. The summed E-state index contributed by atoms with van der Waals surface area (Å²) >= 11 is 0. The zero-order chi connectivity index (χ0) is 27.9. The Balaban J connectivity index is 1.41. The number of nitrogens with zero attached hydrogens (tertiary/aromatic N) is 4. The van der Waals surface area contributed by atoms with Crippen molar-refractivity contribution in [1.82, 2.24) is 20.2 Å². The van der Waals surface area contributed by atoms with Crippen LogP contribution in [0.15, 0.2) is 102 Å². The number of nitriles is 1. The SMILES string of the molecule is CC(C)(C#N)c1ccc(-c2n[nH]c3cnc4ccc(-c5cncc(NS(=O)(=O)c6ccccc6)c5)cc4c23)cc1. The predicted molar refractivity (Wildman–Crippen MR) is 156 cm³/mol. The molecule has 0 radical (unpaired) electrons. The summed E-state index contributed by atoms with van der Waals surface area (Å²) in [5, 5.41) is 19.0. The van der Waals surface area contributed by atoms with Crippen LogP contribution in [0.5, 0.6) is 0 Å². The van der Waals surface area contributed by atoms with Gasteiger partial charge in [-0.05, 0) is 55.3 Å². The molecule has 0 aliphatic heterocycles. The summed E-state index contributed by atoms with van der Waals surface area (Å²) in [5.74, 6) is 0. The van der Waals surface area contributed by atoms with Crippen LogP contribution in [0.1, 0.15) is 19.4 Å². The van der Waals surface area contributed by atoms with Crippen molar-refractivity contribution >= 4 is 37.5 Å². The maximum absolute atomic E-state index is 12.8. The Kier molecular flexibility index (Phi) is 6.05. The van der Waals surface area contributed by atoms with Crippen molar-refractivity contribution in [3.63, 3.8) is 0 Å². The van der Waals surface area contributed by atoms with Crippen molar-refractivity contribution in [2.75, 3.05) is 4.72 Å². The van der Waals surface area contributed by atoms with Crippen molar-refractivity contribution in [3.8, 4) is 28.5 Å². The highest BCUT2D eigenvalue weighted by Gasteiger charge is 2.20. The van der Waals surface area contributed by atoms with Gasteiger partial charge in [0, 0.05) is 28.1 Å². The lowest BCUT2D eigenvalue weighted by molar-refractivity contribution is 0.601. The lowest BCUT2D eigenvalue weighted by Crippen LogP contribution is -2.13. The molecule has 196 valence electrons. The minimum absolute atomic E-state index is 0.177. The number of hydrogen-bond acceptors (Lipinski definition) is 6. The Morgan fingerprint density at radius 1 is 0.875 bits per heavy atom. The van der Waals surface area contributed by atoms with E-state index in [2.05, 4.69) is 31.0 Å². The fourth-order valence-electron chi connectivity index (χ4n) is 4.67. The number of H-pyrrole nitrogens is 1. The molecule has 0 saturated heterocycles. The number of rotatable bonds is 6. The molecule has 6 aromatic rings. The summed E-state index contributed by atoms with van der Waals surface area (Å²) in [4.78, 5) is 9.06. The van der Waals surface area contributed by atoms with Crippen LogP contribution in [0, 0.1) is 11.3 Å². The lowest BCUT2D eigenvalue weighted by atomic mass is 9.86. The number of benzene rings is 3. The van der Waals surface area contributed by atoms with Crippen LogP contribution in [-0.2, 0) is 15.4 Å². The summed E-state index contributed by atoms with van der Waals surface area (Å²) in [6.07, 6.45) is 4.94. The van der Waals surface area contributed by atoms with Crippen LogP contribution in [-0.4, -0.2) is 28.6 Å². The summed E-state index contributed by atoms with van der Waals surface area (Å²) in [6.45, 7) is 3.78. The fraction of sp³-hybridized carbons (Fsp3) is 0.0968. The maximum atomic E-state index is 12.8. The molecule has 0 fully saturated rings. The highest BCUT2D eigenvalue weighted by molar-refractivity contribution is 7.92. The number of nitrogens with one attached hydrogen (secondary N) is 2. The number of fused-ring (bicyclic) bond motifs is 3. The lowest BCUT2D eigenvalue weighted by Gasteiger charge is -2.15. The van der Waals surface area contributed by atoms with E-state index in [-0.39, 0.29) is 4.90 Å². The molecule has 9 heteroatoms. The number of anilines is 1. The van der Waals surface area contributed by atoms with E-state index in [4.69, 9.17) is 0 Å². The van der Waals surface area contributed by atoms with Crippen LogP contribution >= 0.6 is 0 Å². The van der Waals surface area contributed by atoms with Gasteiger partial charge in [0.2, 0.25) is 0 Å². The third-order valence-electron chi connectivity index (χ3n) is 6.93. The first-order valence-electron chi connectivity index (χ1n) is 12.6. The predicted octanol–water partition coefficient (Wildman–Crippen LogP) is 6.44. The molecule has 0 aliphatic carbocycles. The molecule has 40 heavy (non-hydrogen) atoms. The van der Waals surface area contributed by atoms with Gasteiger partial charge in [-0.15, -0.1) is 0 Å². The molecule has 3 aromatic carbocycles. The molecule has 0 spiro atoms. The highest BCUT2D eigenvalue weighted by atomic mass is 32.2. The molecule has 6 rings (SSSR count). The standard InChI is InChI=1S/C31H24N6O2S/c1-31(2,19-32)23-11-8-20(9-12-23)30-29-26-15-21(10-13-27(26)34-18-28(29)35-36-30)22-14-24(17-33-16-22)37-40(38,39)25-6-4-3-5-7-25/h3-18,37H,1-2H3,(H,35,36). The van der Waals surface area contributed by atoms with E-state index in [9.17, 15) is 13.7 Å². The summed E-state index contributed by atoms with van der Waals surface area (Å²) in [6, 6.07) is 26.1. The van der Waals surface area contributed by atoms with Crippen LogP contribution in [0.4, 0.5) is 5.69 Å². The van der Waals surface area contributed by atoms with Gasteiger partial charge in [-0.3, -0.25) is 19.8 Å². The second kappa shape index (κ2) is 9.59. The third kappa shape index (κ3) is 4.55. The molecule has 0 unspecified atom stereocenters. The molecule has 0 saturated carbocycles. The van der Waals surface area contributed by atoms with Gasteiger partial charge in [0.05, 0.1) is 45.5 Å². The fourth-order valence-corrected chi connectivity index (χ4v) is 5.72. The van der Waals surface area contributed by atoms with E-state index >= 15 is 0 Å². The Labute approximate surface area is 231 Å². The number of hydrogen-bond donors (Lipinski definition) is 2. The second-order valence-corrected chi connectivity index (χ2v) is 11.7. The number of sulfonamides is 1. The Bertz CT molecular complexity index is 2030. The summed E-state index contributed by atoms with van der Waals surface area (Å²) < 4.78 is 28.3. The highest BCUT2D eigenvalue weighted by Crippen LogP contribution is 2.35. The van der Waals surface area contributed by atoms with E-state index in [1.165, 1.54) is 6.20 Å². The minimum atomic E-state index is -3.75. The number of aromatic amines is 1. The van der Waals surface area contributed by atoms with Crippen LogP contribution in [0.3, 0.4) is 0 Å². The van der Waals surface area contributed by atoms with Crippen LogP contribution in [0.2, 0.25) is 0 Å². The molecule has 3 heterocycles. The molecular weight excluding hydrogens is 520 g/mol. The number of aromatic nitrogens is 4. The van der Waals surface area contributed by atoms with Gasteiger partial charge in [-0.1, -0.05) is 48.5 Å². The molecule has 0 bridgehead atoms. The molecular formula is C31H24N6O2S. The van der Waals surface area contributed by atoms with Gasteiger partial charge in [0.1, 0.15) is 5.69 Å². The molecule has 0 aliphatic rings. The summed E-state index contributed by atoms with van der Waals surface area (Å²) in [5.41, 5.74) is 5.61. The van der Waals surface area contributed by atoms with Gasteiger partial charge in [0.25, 0.3) is 10.0 Å². The zero-order valence-electron chi connectivity index (χ0n) is 21.8. The first-order chi connectivity index (χ1) is 19.2. The largest absolute Gasteiger partial charge is 0.278 e. The van der Waals surface area contributed by atoms with Gasteiger partial charge < -0.3 is 0 Å². The Morgan fingerprint density at radius 2 is 1.62 bits per heavy atom.